The molecule has 0 saturated carbocycles. The highest BCUT2D eigenvalue weighted by Crippen LogP contribution is 2.12. The predicted molar refractivity (Wildman–Crippen MR) is 61.8 cm³/mol. The van der Waals surface area contributed by atoms with Crippen LogP contribution in [-0.4, -0.2) is 32.6 Å². The molecule has 1 heterocycles. The fourth-order valence-electron chi connectivity index (χ4n) is 1.43. The molecule has 1 aromatic carbocycles. The second kappa shape index (κ2) is 5.42. The molecule has 0 aliphatic rings. The van der Waals surface area contributed by atoms with E-state index in [-0.39, 0.29) is 5.69 Å². The molecule has 100 valence electrons. The Bertz CT molecular complexity index is 600. The summed E-state index contributed by atoms with van der Waals surface area (Å²) in [5, 5.41) is 18.6. The summed E-state index contributed by atoms with van der Waals surface area (Å²) in [6, 6.07) is 3.47. The number of rotatable bonds is 5. The summed E-state index contributed by atoms with van der Waals surface area (Å²) < 4.78 is 26.9. The largest absolute Gasteiger partial charge is 0.476 e. The van der Waals surface area contributed by atoms with Gasteiger partial charge >= 0.3 is 5.97 Å². The molecule has 2 rings (SSSR count). The molecule has 0 atom stereocenters. The van der Waals surface area contributed by atoms with Gasteiger partial charge in [-0.05, 0) is 18.2 Å². The van der Waals surface area contributed by atoms with Crippen LogP contribution in [0.5, 0.6) is 0 Å². The lowest BCUT2D eigenvalue weighted by atomic mass is 10.3. The number of aromatic carboxylic acids is 1. The monoisotopic (exact) mass is 268 g/mol. The van der Waals surface area contributed by atoms with Crippen molar-refractivity contribution in [3.05, 3.63) is 41.7 Å². The van der Waals surface area contributed by atoms with Crippen molar-refractivity contribution in [1.82, 2.24) is 15.0 Å². The molecule has 8 heteroatoms. The van der Waals surface area contributed by atoms with Crippen LogP contribution in [0.2, 0.25) is 0 Å². The maximum Gasteiger partial charge on any atom is 0.358 e. The van der Waals surface area contributed by atoms with E-state index in [2.05, 4.69) is 15.6 Å². The first-order valence-electron chi connectivity index (χ1n) is 5.38. The third-order valence-corrected chi connectivity index (χ3v) is 2.35. The van der Waals surface area contributed by atoms with Gasteiger partial charge < -0.3 is 10.4 Å². The average molecular weight is 268 g/mol. The molecule has 0 unspecified atom stereocenters. The van der Waals surface area contributed by atoms with Crippen molar-refractivity contribution >= 4 is 11.7 Å². The Balaban J connectivity index is 1.88. The second-order valence-corrected chi connectivity index (χ2v) is 3.73. The molecule has 2 N–H and O–H groups in total. The van der Waals surface area contributed by atoms with E-state index in [1.54, 1.807) is 0 Å². The van der Waals surface area contributed by atoms with Crippen LogP contribution in [0.1, 0.15) is 10.5 Å². The van der Waals surface area contributed by atoms with Gasteiger partial charge in [-0.2, -0.15) is 0 Å². The maximum absolute atomic E-state index is 12.9. The summed E-state index contributed by atoms with van der Waals surface area (Å²) in [5.41, 5.74) is 0.283. The minimum Gasteiger partial charge on any atom is -0.476 e. The molecule has 0 saturated heterocycles. The third kappa shape index (κ3) is 3.24. The summed E-state index contributed by atoms with van der Waals surface area (Å²) in [5.74, 6) is -2.99. The molecule has 0 fully saturated rings. The quantitative estimate of drug-likeness (QED) is 0.856. The summed E-state index contributed by atoms with van der Waals surface area (Å²) in [4.78, 5) is 10.6. The highest BCUT2D eigenvalue weighted by atomic mass is 19.2. The van der Waals surface area contributed by atoms with Crippen molar-refractivity contribution in [2.45, 2.75) is 6.54 Å². The Morgan fingerprint density at radius 2 is 2.16 bits per heavy atom. The van der Waals surface area contributed by atoms with E-state index < -0.39 is 17.6 Å². The van der Waals surface area contributed by atoms with Gasteiger partial charge in [-0.3, -0.25) is 0 Å². The van der Waals surface area contributed by atoms with Crippen LogP contribution in [0.4, 0.5) is 14.5 Å². The van der Waals surface area contributed by atoms with Gasteiger partial charge in [-0.1, -0.05) is 5.21 Å². The number of benzene rings is 1. The summed E-state index contributed by atoms with van der Waals surface area (Å²) in [6.07, 6.45) is 1.29. The maximum atomic E-state index is 12.9. The van der Waals surface area contributed by atoms with Crippen molar-refractivity contribution in [2.24, 2.45) is 0 Å². The number of halogens is 2. The Labute approximate surface area is 106 Å². The van der Waals surface area contributed by atoms with Crippen molar-refractivity contribution in [3.8, 4) is 0 Å². The first-order valence-corrected chi connectivity index (χ1v) is 5.38. The molecule has 0 bridgehead atoms. The predicted octanol–water partition coefficient (Wildman–Crippen LogP) is 1.37. The number of nitrogens with one attached hydrogen (secondary N) is 1. The van der Waals surface area contributed by atoms with E-state index in [4.69, 9.17) is 5.11 Å². The van der Waals surface area contributed by atoms with Crippen LogP contribution in [0.3, 0.4) is 0 Å². The molecular formula is C11H10F2N4O2. The lowest BCUT2D eigenvalue weighted by Crippen LogP contribution is -2.11. The summed E-state index contributed by atoms with van der Waals surface area (Å²) in [6.45, 7) is 0.715. The fraction of sp³-hybridized carbons (Fsp3) is 0.182. The van der Waals surface area contributed by atoms with Gasteiger partial charge in [0.15, 0.2) is 17.3 Å². The van der Waals surface area contributed by atoms with E-state index in [9.17, 15) is 13.6 Å². The summed E-state index contributed by atoms with van der Waals surface area (Å²) >= 11 is 0. The van der Waals surface area contributed by atoms with Gasteiger partial charge in [0.25, 0.3) is 0 Å². The smallest absolute Gasteiger partial charge is 0.358 e. The van der Waals surface area contributed by atoms with Crippen LogP contribution >= 0.6 is 0 Å². The molecule has 0 amide bonds. The Hall–Kier alpha value is -2.51. The van der Waals surface area contributed by atoms with Crippen LogP contribution < -0.4 is 5.32 Å². The van der Waals surface area contributed by atoms with E-state index in [0.29, 0.717) is 18.8 Å². The van der Waals surface area contributed by atoms with Crippen LogP contribution in [0.15, 0.2) is 24.4 Å². The molecule has 0 radical (unpaired) electrons. The number of hydrogen-bond acceptors (Lipinski definition) is 4. The van der Waals surface area contributed by atoms with E-state index in [0.717, 1.165) is 12.1 Å². The number of nitrogens with zero attached hydrogens (tertiary/aromatic N) is 3. The second-order valence-electron chi connectivity index (χ2n) is 3.73. The molecule has 1 aromatic heterocycles. The number of carboxylic acid groups (broad SMARTS) is 1. The topological polar surface area (TPSA) is 80.0 Å². The van der Waals surface area contributed by atoms with Gasteiger partial charge in [0.1, 0.15) is 0 Å². The van der Waals surface area contributed by atoms with E-state index in [1.807, 2.05) is 0 Å². The van der Waals surface area contributed by atoms with Crippen molar-refractivity contribution in [3.63, 3.8) is 0 Å². The van der Waals surface area contributed by atoms with Crippen molar-refractivity contribution in [1.29, 1.82) is 0 Å². The summed E-state index contributed by atoms with van der Waals surface area (Å²) in [7, 11) is 0. The molecule has 0 aliphatic carbocycles. The zero-order chi connectivity index (χ0) is 13.8. The third-order valence-electron chi connectivity index (χ3n) is 2.35. The SMILES string of the molecule is O=C(O)c1cn(CCNc2ccc(F)c(F)c2)nn1. The lowest BCUT2D eigenvalue weighted by Gasteiger charge is -2.06. The minimum absolute atomic E-state index is 0.146. The molecule has 0 aliphatic heterocycles. The van der Waals surface area contributed by atoms with Gasteiger partial charge in [0, 0.05) is 12.2 Å². The Morgan fingerprint density at radius 3 is 2.79 bits per heavy atom. The zero-order valence-corrected chi connectivity index (χ0v) is 9.68. The van der Waals surface area contributed by atoms with Crippen LogP contribution in [0.25, 0.3) is 0 Å². The van der Waals surface area contributed by atoms with E-state index in [1.165, 1.54) is 16.9 Å². The van der Waals surface area contributed by atoms with Crippen molar-refractivity contribution in [2.75, 3.05) is 11.9 Å². The molecular weight excluding hydrogens is 258 g/mol. The van der Waals surface area contributed by atoms with Crippen LogP contribution in [-0.2, 0) is 6.54 Å². The first kappa shape index (κ1) is 12.9. The first-order chi connectivity index (χ1) is 9.06. The Kier molecular flexibility index (Phi) is 3.69. The van der Waals surface area contributed by atoms with Gasteiger partial charge in [-0.15, -0.1) is 5.10 Å². The van der Waals surface area contributed by atoms with Gasteiger partial charge in [0.2, 0.25) is 0 Å². The van der Waals surface area contributed by atoms with Crippen molar-refractivity contribution < 1.29 is 18.7 Å². The average Bonchev–Trinajstić information content (AvgIpc) is 2.83. The van der Waals surface area contributed by atoms with Gasteiger partial charge in [-0.25, -0.2) is 18.3 Å². The molecule has 19 heavy (non-hydrogen) atoms. The highest BCUT2D eigenvalue weighted by molar-refractivity contribution is 5.84. The Morgan fingerprint density at radius 1 is 1.37 bits per heavy atom. The zero-order valence-electron chi connectivity index (χ0n) is 9.68. The number of hydrogen-bond donors (Lipinski definition) is 2. The number of aromatic nitrogens is 3. The minimum atomic E-state index is -1.15. The van der Waals surface area contributed by atoms with Gasteiger partial charge in [0.05, 0.1) is 12.7 Å². The normalized spacial score (nSPS) is 10.4. The standard InChI is InChI=1S/C11H10F2N4O2/c12-8-2-1-7(5-9(8)13)14-3-4-17-6-10(11(18)19)15-16-17/h1-2,5-6,14H,3-4H2,(H,18,19). The fourth-order valence-corrected chi connectivity index (χ4v) is 1.43. The highest BCUT2D eigenvalue weighted by Gasteiger charge is 2.07. The number of carboxylic acids is 1. The van der Waals surface area contributed by atoms with E-state index >= 15 is 0 Å². The molecule has 0 spiro atoms. The molecule has 6 nitrogen and oxygen atoms in total. The lowest BCUT2D eigenvalue weighted by molar-refractivity contribution is 0.0690. The number of carbonyl (C=O) groups is 1. The number of anilines is 1. The van der Waals surface area contributed by atoms with Crippen LogP contribution in [0, 0.1) is 11.6 Å². The molecule has 2 aromatic rings.